The number of hydrogen-bond donors (Lipinski definition) is 0. The van der Waals surface area contributed by atoms with Gasteiger partial charge in [0.1, 0.15) is 0 Å². The van der Waals surface area contributed by atoms with Crippen molar-refractivity contribution in [3.8, 4) is 0 Å². The third kappa shape index (κ3) is 4.30. The SMILES string of the molecule is CC(C)C(=O)OCC(C)(C)C(C)C. The Labute approximate surface area is 81.7 Å². The molecule has 0 aromatic rings. The zero-order valence-electron chi connectivity index (χ0n) is 9.68. The fraction of sp³-hybridized carbons (Fsp3) is 0.909. The number of rotatable bonds is 4. The van der Waals surface area contributed by atoms with Crippen molar-refractivity contribution in [1.82, 2.24) is 0 Å². The van der Waals surface area contributed by atoms with Gasteiger partial charge in [0.15, 0.2) is 0 Å². The average Bonchev–Trinajstić information content (AvgIpc) is 1.99. The van der Waals surface area contributed by atoms with E-state index in [4.69, 9.17) is 4.74 Å². The Morgan fingerprint density at radius 1 is 1.23 bits per heavy atom. The zero-order valence-corrected chi connectivity index (χ0v) is 9.68. The molecule has 0 aliphatic heterocycles. The first-order valence-electron chi connectivity index (χ1n) is 4.94. The van der Waals surface area contributed by atoms with Crippen molar-refractivity contribution >= 4 is 5.97 Å². The lowest BCUT2D eigenvalue weighted by Crippen LogP contribution is -2.28. The third-order valence-corrected chi connectivity index (χ3v) is 2.62. The monoisotopic (exact) mass is 186 g/mol. The molecule has 0 atom stereocenters. The van der Waals surface area contributed by atoms with Crippen LogP contribution in [0.5, 0.6) is 0 Å². The summed E-state index contributed by atoms with van der Waals surface area (Å²) >= 11 is 0. The Bertz CT molecular complexity index is 169. The lowest BCUT2D eigenvalue weighted by molar-refractivity contribution is -0.151. The minimum Gasteiger partial charge on any atom is -0.465 e. The van der Waals surface area contributed by atoms with Crippen LogP contribution in [0.1, 0.15) is 41.5 Å². The summed E-state index contributed by atoms with van der Waals surface area (Å²) < 4.78 is 5.19. The van der Waals surface area contributed by atoms with Gasteiger partial charge in [-0.15, -0.1) is 0 Å². The van der Waals surface area contributed by atoms with Crippen molar-refractivity contribution in [3.05, 3.63) is 0 Å². The normalized spacial score (nSPS) is 12.3. The van der Waals surface area contributed by atoms with Gasteiger partial charge in [0, 0.05) is 5.41 Å². The molecule has 2 heteroatoms. The average molecular weight is 186 g/mol. The highest BCUT2D eigenvalue weighted by Gasteiger charge is 2.24. The molecule has 0 N–H and O–H groups in total. The van der Waals surface area contributed by atoms with Crippen LogP contribution in [0.25, 0.3) is 0 Å². The van der Waals surface area contributed by atoms with E-state index < -0.39 is 0 Å². The molecule has 0 heterocycles. The van der Waals surface area contributed by atoms with Crippen LogP contribution in [0.15, 0.2) is 0 Å². The summed E-state index contributed by atoms with van der Waals surface area (Å²) in [6, 6.07) is 0. The molecule has 0 unspecified atom stereocenters. The van der Waals surface area contributed by atoms with Crippen LogP contribution in [0, 0.1) is 17.3 Å². The van der Waals surface area contributed by atoms with Gasteiger partial charge in [0.25, 0.3) is 0 Å². The molecule has 0 radical (unpaired) electrons. The predicted octanol–water partition coefficient (Wildman–Crippen LogP) is 2.87. The smallest absolute Gasteiger partial charge is 0.308 e. The molecule has 0 aliphatic rings. The first kappa shape index (κ1) is 12.5. The van der Waals surface area contributed by atoms with Crippen LogP contribution in [-0.2, 0) is 9.53 Å². The van der Waals surface area contributed by atoms with E-state index in [0.717, 1.165) is 0 Å². The molecule has 0 saturated heterocycles. The summed E-state index contributed by atoms with van der Waals surface area (Å²) in [6.07, 6.45) is 0. The molecule has 0 aromatic heterocycles. The van der Waals surface area contributed by atoms with Gasteiger partial charge < -0.3 is 4.74 Å². The molecule has 78 valence electrons. The van der Waals surface area contributed by atoms with E-state index in [1.807, 2.05) is 13.8 Å². The Hall–Kier alpha value is -0.530. The maximum Gasteiger partial charge on any atom is 0.308 e. The minimum absolute atomic E-state index is 0.0250. The molecule has 0 bridgehead atoms. The van der Waals surface area contributed by atoms with E-state index in [-0.39, 0.29) is 17.3 Å². The molecule has 0 fully saturated rings. The summed E-state index contributed by atoms with van der Waals surface area (Å²) in [6.45, 7) is 12.7. The van der Waals surface area contributed by atoms with Crippen molar-refractivity contribution in [2.45, 2.75) is 41.5 Å². The second-order valence-corrected chi connectivity index (χ2v) is 4.91. The van der Waals surface area contributed by atoms with Gasteiger partial charge in [-0.1, -0.05) is 41.5 Å². The Morgan fingerprint density at radius 2 is 1.69 bits per heavy atom. The second kappa shape index (κ2) is 4.64. The van der Waals surface area contributed by atoms with Crippen LogP contribution in [0.3, 0.4) is 0 Å². The number of ether oxygens (including phenoxy) is 1. The van der Waals surface area contributed by atoms with Crippen LogP contribution in [0.4, 0.5) is 0 Å². The van der Waals surface area contributed by atoms with Crippen LogP contribution in [-0.4, -0.2) is 12.6 Å². The highest BCUT2D eigenvalue weighted by Crippen LogP contribution is 2.26. The molecule has 2 nitrogen and oxygen atoms in total. The first-order chi connectivity index (χ1) is 5.77. The second-order valence-electron chi connectivity index (χ2n) is 4.91. The number of esters is 1. The third-order valence-electron chi connectivity index (χ3n) is 2.62. The summed E-state index contributed by atoms with van der Waals surface area (Å²) in [5, 5.41) is 0. The lowest BCUT2D eigenvalue weighted by Gasteiger charge is -2.28. The molecular weight excluding hydrogens is 164 g/mol. The largest absolute Gasteiger partial charge is 0.465 e. The fourth-order valence-corrected chi connectivity index (χ4v) is 0.590. The van der Waals surface area contributed by atoms with Gasteiger partial charge in [-0.3, -0.25) is 4.79 Å². The lowest BCUT2D eigenvalue weighted by atomic mass is 9.82. The van der Waals surface area contributed by atoms with Gasteiger partial charge in [-0.05, 0) is 5.92 Å². The topological polar surface area (TPSA) is 26.3 Å². The molecule has 0 spiro atoms. The van der Waals surface area contributed by atoms with E-state index in [0.29, 0.717) is 12.5 Å². The number of carbonyl (C=O) groups excluding carboxylic acids is 1. The summed E-state index contributed by atoms with van der Waals surface area (Å²) in [5.74, 6) is 0.393. The molecule has 0 aromatic carbocycles. The Balaban J connectivity index is 3.95. The van der Waals surface area contributed by atoms with E-state index >= 15 is 0 Å². The van der Waals surface area contributed by atoms with Crippen LogP contribution >= 0.6 is 0 Å². The van der Waals surface area contributed by atoms with E-state index in [1.54, 1.807) is 0 Å². The quantitative estimate of drug-likeness (QED) is 0.631. The van der Waals surface area contributed by atoms with Crippen molar-refractivity contribution in [2.24, 2.45) is 17.3 Å². The highest BCUT2D eigenvalue weighted by atomic mass is 16.5. The van der Waals surface area contributed by atoms with Gasteiger partial charge >= 0.3 is 5.97 Å². The molecule has 0 rings (SSSR count). The molecule has 0 saturated carbocycles. The Morgan fingerprint density at radius 3 is 2.00 bits per heavy atom. The Kier molecular flexibility index (Phi) is 4.45. The zero-order chi connectivity index (χ0) is 10.6. The van der Waals surface area contributed by atoms with E-state index in [9.17, 15) is 4.79 Å². The first-order valence-corrected chi connectivity index (χ1v) is 4.94. The molecule has 13 heavy (non-hydrogen) atoms. The number of carbonyl (C=O) groups is 1. The van der Waals surface area contributed by atoms with Gasteiger partial charge in [-0.2, -0.15) is 0 Å². The fourth-order valence-electron chi connectivity index (χ4n) is 0.590. The molecule has 0 amide bonds. The van der Waals surface area contributed by atoms with Gasteiger partial charge in [-0.25, -0.2) is 0 Å². The van der Waals surface area contributed by atoms with Crippen LogP contribution < -0.4 is 0 Å². The van der Waals surface area contributed by atoms with Crippen molar-refractivity contribution in [2.75, 3.05) is 6.61 Å². The van der Waals surface area contributed by atoms with E-state index in [2.05, 4.69) is 27.7 Å². The maximum absolute atomic E-state index is 11.2. The van der Waals surface area contributed by atoms with E-state index in [1.165, 1.54) is 0 Å². The summed E-state index contributed by atoms with van der Waals surface area (Å²) in [4.78, 5) is 11.2. The molecular formula is C11H22O2. The molecule has 0 aliphatic carbocycles. The minimum atomic E-state index is -0.103. The van der Waals surface area contributed by atoms with Crippen LogP contribution in [0.2, 0.25) is 0 Å². The van der Waals surface area contributed by atoms with Gasteiger partial charge in [0.2, 0.25) is 0 Å². The standard InChI is InChI=1S/C11H22O2/c1-8(2)10(12)13-7-11(5,6)9(3)4/h8-9H,7H2,1-6H3. The van der Waals surface area contributed by atoms with Gasteiger partial charge in [0.05, 0.1) is 12.5 Å². The highest BCUT2D eigenvalue weighted by molar-refractivity contribution is 5.71. The van der Waals surface area contributed by atoms with Crippen molar-refractivity contribution in [3.63, 3.8) is 0 Å². The number of hydrogen-bond acceptors (Lipinski definition) is 2. The summed E-state index contributed by atoms with van der Waals surface area (Å²) in [7, 11) is 0. The summed E-state index contributed by atoms with van der Waals surface area (Å²) in [5.41, 5.74) is 0.0740. The predicted molar refractivity (Wildman–Crippen MR) is 54.4 cm³/mol. The van der Waals surface area contributed by atoms with Crippen molar-refractivity contribution < 1.29 is 9.53 Å². The maximum atomic E-state index is 11.2. The van der Waals surface area contributed by atoms with Crippen molar-refractivity contribution in [1.29, 1.82) is 0 Å².